The van der Waals surface area contributed by atoms with Gasteiger partial charge in [-0.3, -0.25) is 0 Å². The van der Waals surface area contributed by atoms with Gasteiger partial charge in [-0.05, 0) is 19.3 Å². The Bertz CT molecular complexity index is 177. The maximum absolute atomic E-state index is 5.46. The summed E-state index contributed by atoms with van der Waals surface area (Å²) in [5.41, 5.74) is 0. The number of methoxy groups -OCH3 is 1. The lowest BCUT2D eigenvalue weighted by molar-refractivity contribution is 0.128. The maximum atomic E-state index is 5.46. The summed E-state index contributed by atoms with van der Waals surface area (Å²) >= 11 is 3.62. The zero-order valence-corrected chi connectivity index (χ0v) is 10.7. The van der Waals surface area contributed by atoms with E-state index >= 15 is 0 Å². The molecule has 0 fully saturated rings. The highest BCUT2D eigenvalue weighted by Gasteiger charge is 2.10. The second-order valence-corrected chi connectivity index (χ2v) is 4.93. The molecule has 2 heteroatoms. The molecule has 1 unspecified atom stereocenters. The van der Waals surface area contributed by atoms with Gasteiger partial charge in [-0.2, -0.15) is 0 Å². The Kier molecular flexibility index (Phi) is 6.54. The summed E-state index contributed by atoms with van der Waals surface area (Å²) in [7, 11) is 1.80. The summed E-state index contributed by atoms with van der Waals surface area (Å²) in [6.45, 7) is 0. The normalized spacial score (nSPS) is 30.1. The molecule has 1 aliphatic carbocycles. The van der Waals surface area contributed by atoms with Crippen LogP contribution >= 0.6 is 15.9 Å². The molecule has 0 aromatic heterocycles. The Morgan fingerprint density at radius 2 is 1.79 bits per heavy atom. The summed E-state index contributed by atoms with van der Waals surface area (Å²) in [5.74, 6) is 0. The van der Waals surface area contributed by atoms with Crippen molar-refractivity contribution in [2.24, 2.45) is 0 Å². The third kappa shape index (κ3) is 4.61. The number of hydrogen-bond acceptors (Lipinski definition) is 1. The molecule has 0 bridgehead atoms. The van der Waals surface area contributed by atoms with E-state index in [2.05, 4.69) is 22.0 Å². The fourth-order valence-electron chi connectivity index (χ4n) is 1.92. The maximum Gasteiger partial charge on any atom is 0.0882 e. The third-order valence-corrected chi connectivity index (χ3v) is 3.69. The predicted octanol–water partition coefficient (Wildman–Crippen LogP) is 4.41. The Balaban J connectivity index is 2.45. The lowest BCUT2D eigenvalue weighted by Gasteiger charge is -2.14. The lowest BCUT2D eigenvalue weighted by atomic mass is 10.1. The van der Waals surface area contributed by atoms with Crippen LogP contribution in [-0.2, 0) is 4.74 Å². The number of halogens is 1. The van der Waals surface area contributed by atoms with Crippen LogP contribution in [0.1, 0.15) is 51.4 Å². The molecular weight excluding hydrogens is 240 g/mol. The van der Waals surface area contributed by atoms with Crippen molar-refractivity contribution in [2.45, 2.75) is 57.5 Å². The minimum Gasteiger partial charge on any atom is -0.376 e. The van der Waals surface area contributed by atoms with Crippen LogP contribution in [0.5, 0.6) is 0 Å². The van der Waals surface area contributed by atoms with Gasteiger partial charge in [0, 0.05) is 11.6 Å². The highest BCUT2D eigenvalue weighted by Crippen LogP contribution is 2.22. The molecule has 82 valence electrons. The van der Waals surface area contributed by atoms with Gasteiger partial charge in [0.15, 0.2) is 0 Å². The predicted molar refractivity (Wildman–Crippen MR) is 64.7 cm³/mol. The second-order valence-electron chi connectivity index (χ2n) is 4.01. The van der Waals surface area contributed by atoms with Crippen LogP contribution in [0.2, 0.25) is 0 Å². The van der Waals surface area contributed by atoms with Crippen LogP contribution < -0.4 is 0 Å². The van der Waals surface area contributed by atoms with Crippen LogP contribution in [0.15, 0.2) is 10.6 Å². The molecule has 1 aliphatic rings. The van der Waals surface area contributed by atoms with Gasteiger partial charge in [0.1, 0.15) is 0 Å². The van der Waals surface area contributed by atoms with E-state index in [9.17, 15) is 0 Å². The van der Waals surface area contributed by atoms with E-state index in [-0.39, 0.29) is 0 Å². The smallest absolute Gasteiger partial charge is 0.0882 e. The van der Waals surface area contributed by atoms with Crippen molar-refractivity contribution in [3.8, 4) is 0 Å². The summed E-state index contributed by atoms with van der Waals surface area (Å²) in [6.07, 6.45) is 13.1. The standard InChI is InChI=1S/C12H21BrO/c1-14-12-10-8-6-4-2-3-5-7-9-11(12)13/h9,12H,2-8,10H2,1H3/b11-9-. The monoisotopic (exact) mass is 260 g/mol. The molecule has 0 amide bonds. The van der Waals surface area contributed by atoms with Gasteiger partial charge < -0.3 is 4.74 Å². The van der Waals surface area contributed by atoms with E-state index in [0.29, 0.717) is 6.10 Å². The molecule has 0 aromatic rings. The average molecular weight is 261 g/mol. The average Bonchev–Trinajstić information content (AvgIpc) is 2.24. The molecule has 14 heavy (non-hydrogen) atoms. The van der Waals surface area contributed by atoms with Crippen molar-refractivity contribution in [1.82, 2.24) is 0 Å². The van der Waals surface area contributed by atoms with Gasteiger partial charge >= 0.3 is 0 Å². The summed E-state index contributed by atoms with van der Waals surface area (Å²) in [4.78, 5) is 0. The number of rotatable bonds is 1. The molecule has 0 heterocycles. The van der Waals surface area contributed by atoms with Crippen molar-refractivity contribution in [1.29, 1.82) is 0 Å². The van der Waals surface area contributed by atoms with Gasteiger partial charge in [0.2, 0.25) is 0 Å². The Morgan fingerprint density at radius 3 is 2.50 bits per heavy atom. The third-order valence-electron chi connectivity index (χ3n) is 2.85. The van der Waals surface area contributed by atoms with Crippen LogP contribution in [-0.4, -0.2) is 13.2 Å². The molecule has 0 N–H and O–H groups in total. The first-order valence-corrected chi connectivity index (χ1v) is 6.52. The molecule has 1 nitrogen and oxygen atoms in total. The fourth-order valence-corrected chi connectivity index (χ4v) is 2.57. The molecule has 0 saturated carbocycles. The van der Waals surface area contributed by atoms with E-state index in [1.54, 1.807) is 7.11 Å². The van der Waals surface area contributed by atoms with E-state index in [1.165, 1.54) is 49.4 Å². The van der Waals surface area contributed by atoms with E-state index in [4.69, 9.17) is 4.74 Å². The van der Waals surface area contributed by atoms with Crippen LogP contribution in [0.25, 0.3) is 0 Å². The SMILES string of the molecule is COC1CCCCCCCC/C=C/1Br. The highest BCUT2D eigenvalue weighted by atomic mass is 79.9. The molecule has 0 spiro atoms. The molecule has 0 radical (unpaired) electrons. The molecule has 1 rings (SSSR count). The van der Waals surface area contributed by atoms with E-state index < -0.39 is 0 Å². The molecule has 1 atom stereocenters. The first kappa shape index (κ1) is 12.3. The zero-order valence-electron chi connectivity index (χ0n) is 9.10. The summed E-state index contributed by atoms with van der Waals surface area (Å²) < 4.78 is 6.71. The minimum atomic E-state index is 0.299. The number of hydrogen-bond donors (Lipinski definition) is 0. The van der Waals surface area contributed by atoms with Crippen molar-refractivity contribution in [3.63, 3.8) is 0 Å². The van der Waals surface area contributed by atoms with Gasteiger partial charge in [-0.1, -0.05) is 54.1 Å². The zero-order chi connectivity index (χ0) is 10.2. The lowest BCUT2D eigenvalue weighted by Crippen LogP contribution is -2.10. The van der Waals surface area contributed by atoms with Crippen LogP contribution in [0.3, 0.4) is 0 Å². The quantitative estimate of drug-likeness (QED) is 0.679. The Hall–Kier alpha value is 0.180. The molecular formula is C12H21BrO. The van der Waals surface area contributed by atoms with Crippen molar-refractivity contribution in [3.05, 3.63) is 10.6 Å². The fraction of sp³-hybridized carbons (Fsp3) is 0.833. The first-order valence-electron chi connectivity index (χ1n) is 5.73. The van der Waals surface area contributed by atoms with Crippen molar-refractivity contribution in [2.75, 3.05) is 7.11 Å². The van der Waals surface area contributed by atoms with Gasteiger partial charge in [0.05, 0.1) is 6.10 Å². The van der Waals surface area contributed by atoms with Crippen LogP contribution in [0, 0.1) is 0 Å². The molecule has 0 aliphatic heterocycles. The Labute approximate surface area is 96.0 Å². The van der Waals surface area contributed by atoms with Crippen molar-refractivity contribution < 1.29 is 4.74 Å². The largest absolute Gasteiger partial charge is 0.376 e. The first-order chi connectivity index (χ1) is 6.84. The number of ether oxygens (including phenoxy) is 1. The highest BCUT2D eigenvalue weighted by molar-refractivity contribution is 9.11. The van der Waals surface area contributed by atoms with E-state index in [1.807, 2.05) is 0 Å². The summed E-state index contributed by atoms with van der Waals surface area (Å²) in [5, 5.41) is 0. The van der Waals surface area contributed by atoms with Gasteiger partial charge in [-0.25, -0.2) is 0 Å². The van der Waals surface area contributed by atoms with E-state index in [0.717, 1.165) is 6.42 Å². The molecule has 0 saturated heterocycles. The van der Waals surface area contributed by atoms with Gasteiger partial charge in [-0.15, -0.1) is 0 Å². The second kappa shape index (κ2) is 7.47. The summed E-state index contributed by atoms with van der Waals surface area (Å²) in [6, 6.07) is 0. The topological polar surface area (TPSA) is 9.23 Å². The Morgan fingerprint density at radius 1 is 1.14 bits per heavy atom. The van der Waals surface area contributed by atoms with Crippen LogP contribution in [0.4, 0.5) is 0 Å². The molecule has 0 aromatic carbocycles. The van der Waals surface area contributed by atoms with Crippen molar-refractivity contribution >= 4 is 15.9 Å². The van der Waals surface area contributed by atoms with Gasteiger partial charge in [0.25, 0.3) is 0 Å². The number of allylic oxidation sites excluding steroid dienone is 1. The minimum absolute atomic E-state index is 0.299.